The van der Waals surface area contributed by atoms with Gasteiger partial charge in [0.2, 0.25) is 5.91 Å². The van der Waals surface area contributed by atoms with Crippen LogP contribution in [0, 0.1) is 11.3 Å². The third-order valence-corrected chi connectivity index (χ3v) is 7.18. The minimum Gasteiger partial charge on any atom is -0.496 e. The number of para-hydroxylation sites is 1. The molecule has 180 valence electrons. The highest BCUT2D eigenvalue weighted by atomic mass is 35.5. The van der Waals surface area contributed by atoms with Gasteiger partial charge in [-0.05, 0) is 36.5 Å². The summed E-state index contributed by atoms with van der Waals surface area (Å²) in [5.74, 6) is -0.135. The van der Waals surface area contributed by atoms with Crippen molar-refractivity contribution in [2.24, 2.45) is 11.3 Å². The van der Waals surface area contributed by atoms with Gasteiger partial charge in [-0.1, -0.05) is 58.1 Å². The minimum absolute atomic E-state index is 0.0548. The zero-order valence-corrected chi connectivity index (χ0v) is 20.9. The number of carbonyl (C=O) groups excluding carboxylic acids is 2. The van der Waals surface area contributed by atoms with Crippen LogP contribution in [0.1, 0.15) is 50.9 Å². The molecule has 1 aliphatic heterocycles. The molecule has 2 N–H and O–H groups in total. The first-order chi connectivity index (χ1) is 15.5. The molecule has 0 spiro atoms. The van der Waals surface area contributed by atoms with Crippen molar-refractivity contribution in [3.8, 4) is 5.75 Å². The van der Waals surface area contributed by atoms with Crippen molar-refractivity contribution in [1.82, 2.24) is 10.2 Å². The van der Waals surface area contributed by atoms with E-state index >= 15 is 0 Å². The van der Waals surface area contributed by atoms with Gasteiger partial charge in [0.15, 0.2) is 0 Å². The predicted molar refractivity (Wildman–Crippen MR) is 130 cm³/mol. The fourth-order valence-corrected chi connectivity index (χ4v) is 4.87. The summed E-state index contributed by atoms with van der Waals surface area (Å²) in [6, 6.07) is 6.27. The Morgan fingerprint density at radius 3 is 2.55 bits per heavy atom. The number of carbonyl (C=O) groups is 2. The van der Waals surface area contributed by atoms with Crippen molar-refractivity contribution in [2.75, 3.05) is 20.2 Å². The number of amides is 2. The van der Waals surface area contributed by atoms with Gasteiger partial charge in [-0.2, -0.15) is 0 Å². The summed E-state index contributed by atoms with van der Waals surface area (Å²) in [6.07, 6.45) is 6.91. The number of piperidine rings is 1. The van der Waals surface area contributed by atoms with Gasteiger partial charge in [-0.15, -0.1) is 11.6 Å². The summed E-state index contributed by atoms with van der Waals surface area (Å²) in [5.41, 5.74) is -0.378. The lowest BCUT2D eigenvalue weighted by atomic mass is 9.65. The summed E-state index contributed by atoms with van der Waals surface area (Å²) in [7, 11) is 1.51. The first-order valence-electron chi connectivity index (χ1n) is 11.5. The third-order valence-electron chi connectivity index (χ3n) is 6.86. The summed E-state index contributed by atoms with van der Waals surface area (Å²) < 4.78 is 5.30. The van der Waals surface area contributed by atoms with Gasteiger partial charge in [0.25, 0.3) is 5.91 Å². The fourth-order valence-electron chi connectivity index (χ4n) is 4.71. The Morgan fingerprint density at radius 1 is 1.27 bits per heavy atom. The minimum atomic E-state index is -1.05. The van der Waals surface area contributed by atoms with E-state index in [9.17, 15) is 14.7 Å². The van der Waals surface area contributed by atoms with E-state index in [4.69, 9.17) is 16.3 Å². The van der Waals surface area contributed by atoms with Gasteiger partial charge in [0.05, 0.1) is 23.7 Å². The zero-order valence-electron chi connectivity index (χ0n) is 20.1. The molecule has 0 saturated carbocycles. The van der Waals surface area contributed by atoms with E-state index in [1.165, 1.54) is 7.11 Å². The Balaban J connectivity index is 1.76. The van der Waals surface area contributed by atoms with Gasteiger partial charge < -0.3 is 20.1 Å². The quantitative estimate of drug-likeness (QED) is 0.612. The maximum Gasteiger partial charge on any atom is 0.255 e. The van der Waals surface area contributed by atoms with E-state index in [2.05, 4.69) is 5.32 Å². The number of methoxy groups -OCH3 is 1. The van der Waals surface area contributed by atoms with E-state index in [-0.39, 0.29) is 23.1 Å². The van der Waals surface area contributed by atoms with Crippen LogP contribution in [0.15, 0.2) is 48.1 Å². The van der Waals surface area contributed by atoms with Crippen LogP contribution >= 0.6 is 11.6 Å². The molecule has 6 nitrogen and oxygen atoms in total. The summed E-state index contributed by atoms with van der Waals surface area (Å²) in [6.45, 7) is 8.57. The van der Waals surface area contributed by atoms with Gasteiger partial charge in [0.1, 0.15) is 11.8 Å². The van der Waals surface area contributed by atoms with Crippen molar-refractivity contribution in [3.05, 3.63) is 53.6 Å². The Labute approximate surface area is 201 Å². The largest absolute Gasteiger partial charge is 0.496 e. The monoisotopic (exact) mass is 474 g/mol. The molecule has 33 heavy (non-hydrogen) atoms. The number of ether oxygens (including phenoxy) is 1. The molecule has 7 heteroatoms. The van der Waals surface area contributed by atoms with Crippen LogP contribution in [-0.2, 0) is 4.79 Å². The van der Waals surface area contributed by atoms with Crippen molar-refractivity contribution < 1.29 is 19.4 Å². The molecule has 1 fully saturated rings. The molecule has 1 saturated heterocycles. The first kappa shape index (κ1) is 25.3. The molecule has 1 aromatic rings. The van der Waals surface area contributed by atoms with Gasteiger partial charge in [-0.3, -0.25) is 9.59 Å². The van der Waals surface area contributed by atoms with E-state index < -0.39 is 17.1 Å². The average molecular weight is 475 g/mol. The van der Waals surface area contributed by atoms with Crippen LogP contribution in [0.5, 0.6) is 5.75 Å². The number of benzene rings is 1. The smallest absolute Gasteiger partial charge is 0.255 e. The molecular formula is C26H35ClN2O4. The number of likely N-dealkylation sites (tertiary alicyclic amines) is 1. The molecule has 3 atom stereocenters. The Bertz CT molecular complexity index is 955. The molecule has 1 aromatic carbocycles. The van der Waals surface area contributed by atoms with Crippen molar-refractivity contribution in [1.29, 1.82) is 0 Å². The van der Waals surface area contributed by atoms with E-state index in [0.29, 0.717) is 37.2 Å². The van der Waals surface area contributed by atoms with E-state index in [1.807, 2.05) is 45.9 Å². The SMILES string of the molecule is COc1ccccc1C(=O)N[C@@H](C(=O)N1CC[C@](O)(C2=CCC(Cl)C=C2)C(C)(C)C1)C(C)C. The maximum atomic E-state index is 13.5. The lowest BCUT2D eigenvalue weighted by molar-refractivity contribution is -0.147. The number of nitrogens with zero attached hydrogens (tertiary/aromatic N) is 1. The van der Waals surface area contributed by atoms with E-state index in [1.54, 1.807) is 29.2 Å². The highest BCUT2D eigenvalue weighted by molar-refractivity contribution is 6.22. The Hall–Kier alpha value is -2.31. The second-order valence-corrected chi connectivity index (χ2v) is 10.5. The first-order valence-corrected chi connectivity index (χ1v) is 11.9. The number of hydrogen-bond donors (Lipinski definition) is 2. The van der Waals surface area contributed by atoms with Crippen molar-refractivity contribution in [3.63, 3.8) is 0 Å². The van der Waals surface area contributed by atoms with Gasteiger partial charge in [-0.25, -0.2) is 0 Å². The molecule has 2 amide bonds. The van der Waals surface area contributed by atoms with Gasteiger partial charge >= 0.3 is 0 Å². The number of alkyl halides is 1. The third kappa shape index (κ3) is 5.12. The standard InChI is InChI=1S/C26H35ClN2O4/c1-17(2)22(28-23(30)20-8-6-7-9-21(20)33-5)24(31)29-15-14-26(32,25(3,4)16-29)18-10-12-19(27)13-11-18/h6-12,17,19,22,32H,13-16H2,1-5H3,(H,28,30)/t19?,22-,26+/m1/s1. The lowest BCUT2D eigenvalue weighted by Crippen LogP contribution is -2.62. The molecule has 0 bridgehead atoms. The maximum absolute atomic E-state index is 13.5. The number of hydrogen-bond acceptors (Lipinski definition) is 4. The zero-order chi connectivity index (χ0) is 24.4. The number of halogens is 1. The highest BCUT2D eigenvalue weighted by Gasteiger charge is 2.51. The van der Waals surface area contributed by atoms with Crippen LogP contribution < -0.4 is 10.1 Å². The van der Waals surface area contributed by atoms with Gasteiger partial charge in [0, 0.05) is 18.5 Å². The summed E-state index contributed by atoms with van der Waals surface area (Å²) >= 11 is 6.16. The predicted octanol–water partition coefficient (Wildman–Crippen LogP) is 3.93. The van der Waals surface area contributed by atoms with Crippen LogP contribution in [-0.4, -0.2) is 59.0 Å². The molecule has 3 rings (SSSR count). The number of allylic oxidation sites excluding steroid dienone is 2. The van der Waals surface area contributed by atoms with Crippen molar-refractivity contribution in [2.45, 2.75) is 57.6 Å². The van der Waals surface area contributed by atoms with Crippen LogP contribution in [0.4, 0.5) is 0 Å². The summed E-state index contributed by atoms with van der Waals surface area (Å²) in [4.78, 5) is 28.3. The molecule has 1 heterocycles. The van der Waals surface area contributed by atoms with Crippen LogP contribution in [0.25, 0.3) is 0 Å². The Morgan fingerprint density at radius 2 is 1.97 bits per heavy atom. The average Bonchev–Trinajstić information content (AvgIpc) is 2.78. The number of rotatable bonds is 6. The molecule has 0 aromatic heterocycles. The normalized spacial score (nSPS) is 25.4. The van der Waals surface area contributed by atoms with Crippen molar-refractivity contribution >= 4 is 23.4 Å². The second kappa shape index (κ2) is 9.90. The summed E-state index contributed by atoms with van der Waals surface area (Å²) in [5, 5.41) is 14.5. The molecular weight excluding hydrogens is 440 g/mol. The fraction of sp³-hybridized carbons (Fsp3) is 0.538. The molecule has 2 aliphatic rings. The van der Waals surface area contributed by atoms with Crippen LogP contribution in [0.2, 0.25) is 0 Å². The number of aliphatic hydroxyl groups is 1. The van der Waals surface area contributed by atoms with Crippen LogP contribution in [0.3, 0.4) is 0 Å². The molecule has 1 unspecified atom stereocenters. The molecule has 0 radical (unpaired) electrons. The highest BCUT2D eigenvalue weighted by Crippen LogP contribution is 2.45. The number of nitrogens with one attached hydrogen (secondary N) is 1. The Kier molecular flexibility index (Phi) is 7.59. The topological polar surface area (TPSA) is 78.9 Å². The molecule has 1 aliphatic carbocycles. The van der Waals surface area contributed by atoms with E-state index in [0.717, 1.165) is 5.57 Å². The second-order valence-electron chi connectivity index (χ2n) is 9.92. The lowest BCUT2D eigenvalue weighted by Gasteiger charge is -2.52.